The van der Waals surface area contributed by atoms with Gasteiger partial charge in [-0.1, -0.05) is 23.7 Å². The molecule has 0 aliphatic carbocycles. The van der Waals surface area contributed by atoms with Gasteiger partial charge in [-0.15, -0.1) is 0 Å². The fourth-order valence-corrected chi connectivity index (χ4v) is 3.46. The molecule has 0 bridgehead atoms. The molecular formula is C21H17ClFN5O. The van der Waals surface area contributed by atoms with Crippen LogP contribution in [0, 0.1) is 17.1 Å². The fourth-order valence-electron chi connectivity index (χ4n) is 3.25. The molecule has 0 radical (unpaired) electrons. The van der Waals surface area contributed by atoms with Crippen LogP contribution in [0.25, 0.3) is 22.2 Å². The molecule has 0 aliphatic heterocycles. The summed E-state index contributed by atoms with van der Waals surface area (Å²) in [5, 5.41) is 10.3. The topological polar surface area (TPSA) is 88.6 Å². The van der Waals surface area contributed by atoms with Crippen molar-refractivity contribution < 1.29 is 10.6 Å². The fraction of sp³-hybridized carbons (Fsp3) is 0.0952. The van der Waals surface area contributed by atoms with Crippen molar-refractivity contribution in [1.29, 1.82) is 5.26 Å². The molecule has 3 heterocycles. The van der Waals surface area contributed by atoms with E-state index in [1.807, 2.05) is 12.1 Å². The minimum Gasteiger partial charge on any atom is -0.357 e. The highest BCUT2D eigenvalue weighted by molar-refractivity contribution is 6.30. The van der Waals surface area contributed by atoms with Gasteiger partial charge in [-0.2, -0.15) is 5.26 Å². The predicted octanol–water partition coefficient (Wildman–Crippen LogP) is 4.76. The lowest BCUT2D eigenvalue weighted by atomic mass is 10.1. The second kappa shape index (κ2) is 7.78. The number of aromatic nitrogens is 3. The molecule has 3 aromatic heterocycles. The van der Waals surface area contributed by atoms with E-state index < -0.39 is 5.82 Å². The summed E-state index contributed by atoms with van der Waals surface area (Å²) < 4.78 is 14.5. The van der Waals surface area contributed by atoms with Gasteiger partial charge >= 0.3 is 0 Å². The second-order valence-electron chi connectivity index (χ2n) is 6.47. The summed E-state index contributed by atoms with van der Waals surface area (Å²) >= 11 is 6.01. The first kappa shape index (κ1) is 18.7. The van der Waals surface area contributed by atoms with E-state index in [0.29, 0.717) is 27.2 Å². The van der Waals surface area contributed by atoms with Crippen LogP contribution in [0.3, 0.4) is 0 Å². The molecule has 4 rings (SSSR count). The summed E-state index contributed by atoms with van der Waals surface area (Å²) in [6.45, 7) is 0.137. The number of nitrogens with one attached hydrogen (secondary N) is 2. The Labute approximate surface area is 172 Å². The summed E-state index contributed by atoms with van der Waals surface area (Å²) in [6, 6.07) is 12.4. The Morgan fingerprint density at radius 2 is 2.17 bits per heavy atom. The molecule has 1 aromatic carbocycles. The van der Waals surface area contributed by atoms with E-state index in [-0.39, 0.29) is 26.1 Å². The maximum atomic E-state index is 14.5. The van der Waals surface area contributed by atoms with Gasteiger partial charge in [-0.25, -0.2) is 9.37 Å². The number of amides is 1. The number of H-pyrrole nitrogens is 2. The van der Waals surface area contributed by atoms with E-state index in [2.05, 4.69) is 15.0 Å². The van der Waals surface area contributed by atoms with Crippen molar-refractivity contribution >= 4 is 28.5 Å². The Bertz CT molecular complexity index is 1250. The number of aromatic amines is 2. The summed E-state index contributed by atoms with van der Waals surface area (Å²) in [7, 11) is 0. The van der Waals surface area contributed by atoms with Gasteiger partial charge < -0.3 is 14.9 Å². The van der Waals surface area contributed by atoms with Crippen molar-refractivity contribution in [2.75, 3.05) is 6.54 Å². The predicted molar refractivity (Wildman–Crippen MR) is 110 cm³/mol. The van der Waals surface area contributed by atoms with Crippen molar-refractivity contribution in [3.05, 3.63) is 77.1 Å². The summed E-state index contributed by atoms with van der Waals surface area (Å²) in [5.41, 5.74) is 2.51. The normalized spacial score (nSPS) is 10.8. The highest BCUT2D eigenvalue weighted by atomic mass is 35.5. The van der Waals surface area contributed by atoms with Crippen LogP contribution in [0.5, 0.6) is 0 Å². The van der Waals surface area contributed by atoms with Gasteiger partial charge in [0.2, 0.25) is 0 Å². The van der Waals surface area contributed by atoms with Crippen LogP contribution >= 0.6 is 11.6 Å². The number of rotatable bonds is 5. The lowest BCUT2D eigenvalue weighted by Gasteiger charge is -2.19. The zero-order chi connectivity index (χ0) is 20.4. The third kappa shape index (κ3) is 3.71. The van der Waals surface area contributed by atoms with Gasteiger partial charge in [0.25, 0.3) is 5.91 Å². The number of hydrogen-bond acceptors (Lipinski definition) is 3. The quantitative estimate of drug-likeness (QED) is 0.465. The first-order chi connectivity index (χ1) is 14.1. The number of fused-ring (bicyclic) bond motifs is 1. The molecule has 29 heavy (non-hydrogen) atoms. The third-order valence-corrected chi connectivity index (χ3v) is 4.79. The van der Waals surface area contributed by atoms with Crippen molar-refractivity contribution in [2.24, 2.45) is 0 Å². The van der Waals surface area contributed by atoms with Crippen LogP contribution in [0.2, 0.25) is 5.02 Å². The first-order valence-corrected chi connectivity index (χ1v) is 9.15. The molecule has 0 spiro atoms. The monoisotopic (exact) mass is 409 g/mol. The maximum absolute atomic E-state index is 14.5. The van der Waals surface area contributed by atoms with E-state index in [4.69, 9.17) is 16.9 Å². The minimum absolute atomic E-state index is 0. The average molecular weight is 410 g/mol. The SMILES string of the molecule is N#CCN(Cc1cccc(Cl)c1)C(=O)c1cc(-c2c(F)cnc3[nH]ccc23)c[nH]1.[HH]. The standard InChI is InChI=1S/C21H15ClFN5O.H2/c22-15-3-1-2-13(8-15)12-28(7-5-24)21(29)18-9-14(10-26-18)19-16-4-6-25-20(16)27-11-17(19)23;/h1-4,6,8-11,26H,7,12H2,(H,25,27);1H. The molecule has 0 fully saturated rings. The van der Waals surface area contributed by atoms with Crippen LogP contribution in [-0.4, -0.2) is 32.3 Å². The van der Waals surface area contributed by atoms with Gasteiger partial charge in [-0.3, -0.25) is 4.79 Å². The molecular weight excluding hydrogens is 393 g/mol. The van der Waals surface area contributed by atoms with Crippen molar-refractivity contribution in [2.45, 2.75) is 6.54 Å². The molecule has 0 saturated carbocycles. The molecule has 0 saturated heterocycles. The number of pyridine rings is 1. The zero-order valence-electron chi connectivity index (χ0n) is 15.1. The van der Waals surface area contributed by atoms with Crippen molar-refractivity contribution in [3.8, 4) is 17.2 Å². The van der Waals surface area contributed by atoms with Gasteiger partial charge in [0.05, 0.1) is 12.3 Å². The Balaban J connectivity index is 0.00000256. The molecule has 4 aromatic rings. The molecule has 1 amide bonds. The largest absolute Gasteiger partial charge is 0.357 e. The summed E-state index contributed by atoms with van der Waals surface area (Å²) in [4.78, 5) is 24.2. The number of halogens is 2. The van der Waals surface area contributed by atoms with E-state index in [1.54, 1.807) is 42.7 Å². The molecule has 8 heteroatoms. The number of carbonyl (C=O) groups is 1. The van der Waals surface area contributed by atoms with Crippen LogP contribution in [-0.2, 0) is 6.54 Å². The van der Waals surface area contributed by atoms with Crippen molar-refractivity contribution in [3.63, 3.8) is 0 Å². The number of carbonyl (C=O) groups excluding carboxylic acids is 1. The van der Waals surface area contributed by atoms with Gasteiger partial charge in [-0.05, 0) is 29.8 Å². The van der Waals surface area contributed by atoms with Crippen LogP contribution in [0.1, 0.15) is 17.5 Å². The smallest absolute Gasteiger partial charge is 0.271 e. The molecule has 0 unspecified atom stereocenters. The van der Waals surface area contributed by atoms with Crippen LogP contribution in [0.4, 0.5) is 4.39 Å². The molecule has 6 nitrogen and oxygen atoms in total. The van der Waals surface area contributed by atoms with Gasteiger partial charge in [0.1, 0.15) is 23.7 Å². The van der Waals surface area contributed by atoms with E-state index in [9.17, 15) is 9.18 Å². The maximum Gasteiger partial charge on any atom is 0.271 e. The van der Waals surface area contributed by atoms with E-state index >= 15 is 0 Å². The number of nitriles is 1. The molecule has 2 N–H and O–H groups in total. The number of hydrogen-bond donors (Lipinski definition) is 2. The summed E-state index contributed by atoms with van der Waals surface area (Å²) in [6.07, 6.45) is 4.39. The molecule has 0 atom stereocenters. The number of nitrogens with zero attached hydrogens (tertiary/aromatic N) is 3. The van der Waals surface area contributed by atoms with E-state index in [1.165, 1.54) is 4.90 Å². The zero-order valence-corrected chi connectivity index (χ0v) is 15.9. The molecule has 146 valence electrons. The number of benzene rings is 1. The minimum atomic E-state index is -0.483. The lowest BCUT2D eigenvalue weighted by Crippen LogP contribution is -2.31. The van der Waals surface area contributed by atoms with Gasteiger partial charge in [0.15, 0.2) is 0 Å². The third-order valence-electron chi connectivity index (χ3n) is 4.55. The highest BCUT2D eigenvalue weighted by Crippen LogP contribution is 2.30. The Morgan fingerprint density at radius 3 is 2.97 bits per heavy atom. The summed E-state index contributed by atoms with van der Waals surface area (Å²) in [5.74, 6) is -0.847. The highest BCUT2D eigenvalue weighted by Gasteiger charge is 2.20. The van der Waals surface area contributed by atoms with Crippen LogP contribution in [0.15, 0.2) is 55.0 Å². The average Bonchev–Trinajstić information content (AvgIpc) is 3.37. The van der Waals surface area contributed by atoms with E-state index in [0.717, 1.165) is 11.8 Å². The van der Waals surface area contributed by atoms with Gasteiger partial charge in [0, 0.05) is 41.9 Å². The lowest BCUT2D eigenvalue weighted by molar-refractivity contribution is 0.0760. The second-order valence-corrected chi connectivity index (χ2v) is 6.91. The van der Waals surface area contributed by atoms with Crippen LogP contribution < -0.4 is 0 Å². The Kier molecular flexibility index (Phi) is 5.02. The Hall–Kier alpha value is -3.63. The first-order valence-electron chi connectivity index (χ1n) is 8.78. The molecule has 0 aliphatic rings. The Morgan fingerprint density at radius 1 is 1.31 bits per heavy atom. The van der Waals surface area contributed by atoms with Crippen molar-refractivity contribution in [1.82, 2.24) is 19.9 Å².